The van der Waals surface area contributed by atoms with Gasteiger partial charge in [0, 0.05) is 33.8 Å². The third kappa shape index (κ3) is 6.48. The molecule has 5 atom stereocenters. The van der Waals surface area contributed by atoms with E-state index in [0.29, 0.717) is 0 Å². The fourth-order valence-electron chi connectivity index (χ4n) is 3.16. The minimum atomic E-state index is -1.28. The summed E-state index contributed by atoms with van der Waals surface area (Å²) in [6, 6.07) is 5.12. The highest BCUT2D eigenvalue weighted by molar-refractivity contribution is 5.68. The Balaban J connectivity index is 2.56. The van der Waals surface area contributed by atoms with Gasteiger partial charge in [0.25, 0.3) is 0 Å². The molecule has 1 saturated heterocycles. The lowest BCUT2D eigenvalue weighted by Crippen LogP contribution is -2.65. The monoisotopic (exact) mass is 435 g/mol. The first-order chi connectivity index (χ1) is 14.6. The molecular formula is C20H23N2O9+. The van der Waals surface area contributed by atoms with E-state index in [1.54, 1.807) is 18.3 Å². The summed E-state index contributed by atoms with van der Waals surface area (Å²) in [5.74, 6) is -2.74. The Hall–Kier alpha value is -3.52. The largest absolute Gasteiger partial charge is 0.463 e. The van der Waals surface area contributed by atoms with Crippen LogP contribution in [0.4, 0.5) is 0 Å². The summed E-state index contributed by atoms with van der Waals surface area (Å²) in [4.78, 5) is 46.7. The van der Waals surface area contributed by atoms with E-state index < -0.39 is 54.5 Å². The Morgan fingerprint density at radius 3 is 2.10 bits per heavy atom. The highest BCUT2D eigenvalue weighted by Gasteiger charge is 2.56. The molecule has 0 bridgehead atoms. The average Bonchev–Trinajstić information content (AvgIpc) is 2.68. The summed E-state index contributed by atoms with van der Waals surface area (Å²) in [6.07, 6.45) is -2.90. The van der Waals surface area contributed by atoms with E-state index in [1.807, 2.05) is 6.07 Å². The van der Waals surface area contributed by atoms with Gasteiger partial charge in [0.2, 0.25) is 6.10 Å². The Morgan fingerprint density at radius 1 is 0.968 bits per heavy atom. The molecule has 0 amide bonds. The van der Waals surface area contributed by atoms with Crippen molar-refractivity contribution in [2.24, 2.45) is 0 Å². The van der Waals surface area contributed by atoms with Gasteiger partial charge in [0.1, 0.15) is 24.3 Å². The lowest BCUT2D eigenvalue weighted by atomic mass is 9.97. The van der Waals surface area contributed by atoms with Crippen molar-refractivity contribution in [1.29, 1.82) is 5.26 Å². The second-order valence-electron chi connectivity index (χ2n) is 6.74. The summed E-state index contributed by atoms with van der Waals surface area (Å²) in [5.41, 5.74) is 0.287. The molecule has 11 heteroatoms. The Morgan fingerprint density at radius 2 is 1.55 bits per heavy atom. The van der Waals surface area contributed by atoms with Gasteiger partial charge >= 0.3 is 30.1 Å². The standard InChI is InChI=1S/C20H23N2O9/c1-11(23)27-10-16-17(28-12(2)24)18(29-13(3)25)19(30-14(4)26)20(31-16)22-7-5-6-15(8-21)9-22/h5-7,9,16-20H,10H2,1-4H3/q+1. The topological polar surface area (TPSA) is 142 Å². The van der Waals surface area contributed by atoms with Gasteiger partial charge in [-0.3, -0.25) is 19.2 Å². The number of esters is 4. The predicted molar refractivity (Wildman–Crippen MR) is 98.6 cm³/mol. The predicted octanol–water partition coefficient (Wildman–Crippen LogP) is 0.101. The van der Waals surface area contributed by atoms with E-state index in [-0.39, 0.29) is 12.2 Å². The summed E-state index contributed by atoms with van der Waals surface area (Å²) in [5, 5.41) is 9.21. The first kappa shape index (κ1) is 23.8. The van der Waals surface area contributed by atoms with Crippen molar-refractivity contribution in [3.63, 3.8) is 0 Å². The van der Waals surface area contributed by atoms with Gasteiger partial charge in [-0.05, 0) is 6.07 Å². The molecule has 5 unspecified atom stereocenters. The number of carbonyl (C=O) groups is 4. The van der Waals surface area contributed by atoms with Crippen LogP contribution in [0.15, 0.2) is 24.5 Å². The number of pyridine rings is 1. The molecule has 0 radical (unpaired) electrons. The molecule has 1 fully saturated rings. The molecular weight excluding hydrogens is 412 g/mol. The van der Waals surface area contributed by atoms with Crippen molar-refractivity contribution in [1.82, 2.24) is 0 Å². The number of hydrogen-bond acceptors (Lipinski definition) is 10. The van der Waals surface area contributed by atoms with E-state index in [1.165, 1.54) is 17.7 Å². The molecule has 1 aromatic rings. The molecule has 1 aliphatic heterocycles. The third-order valence-electron chi connectivity index (χ3n) is 4.21. The highest BCUT2D eigenvalue weighted by atomic mass is 16.7. The van der Waals surface area contributed by atoms with Crippen LogP contribution in [-0.2, 0) is 42.9 Å². The maximum atomic E-state index is 11.8. The Kier molecular flexibility index (Phi) is 8.04. The molecule has 0 saturated carbocycles. The summed E-state index contributed by atoms with van der Waals surface area (Å²) in [6.45, 7) is 4.31. The zero-order chi connectivity index (χ0) is 23.1. The lowest BCUT2D eigenvalue weighted by Gasteiger charge is -2.41. The summed E-state index contributed by atoms with van der Waals surface area (Å²) >= 11 is 0. The van der Waals surface area contributed by atoms with Crippen molar-refractivity contribution in [2.75, 3.05) is 6.61 Å². The fourth-order valence-corrected chi connectivity index (χ4v) is 3.16. The van der Waals surface area contributed by atoms with Crippen molar-refractivity contribution in [2.45, 2.75) is 58.3 Å². The van der Waals surface area contributed by atoms with Gasteiger partial charge in [-0.2, -0.15) is 9.83 Å². The summed E-state index contributed by atoms with van der Waals surface area (Å²) < 4.78 is 28.5. The van der Waals surface area contributed by atoms with E-state index in [2.05, 4.69) is 0 Å². The van der Waals surface area contributed by atoms with E-state index in [4.69, 9.17) is 23.7 Å². The summed E-state index contributed by atoms with van der Waals surface area (Å²) in [7, 11) is 0. The number of aromatic nitrogens is 1. The zero-order valence-electron chi connectivity index (χ0n) is 17.5. The van der Waals surface area contributed by atoms with Crippen LogP contribution < -0.4 is 4.57 Å². The third-order valence-corrected chi connectivity index (χ3v) is 4.21. The van der Waals surface area contributed by atoms with Crippen LogP contribution >= 0.6 is 0 Å². The van der Waals surface area contributed by atoms with Crippen molar-refractivity contribution in [3.05, 3.63) is 30.1 Å². The van der Waals surface area contributed by atoms with Gasteiger partial charge in [0.05, 0.1) is 0 Å². The Labute approximate surface area is 178 Å². The van der Waals surface area contributed by atoms with Crippen LogP contribution in [0.3, 0.4) is 0 Å². The lowest BCUT2D eigenvalue weighted by molar-refractivity contribution is -0.777. The van der Waals surface area contributed by atoms with Gasteiger partial charge in [0.15, 0.2) is 24.6 Å². The second kappa shape index (κ2) is 10.5. The van der Waals surface area contributed by atoms with Crippen molar-refractivity contribution >= 4 is 23.9 Å². The quantitative estimate of drug-likeness (QED) is 0.343. The number of carbonyl (C=O) groups excluding carboxylic acids is 4. The van der Waals surface area contributed by atoms with Gasteiger partial charge in [-0.15, -0.1) is 0 Å². The van der Waals surface area contributed by atoms with Crippen LogP contribution in [0.2, 0.25) is 0 Å². The normalized spacial score (nSPS) is 24.9. The molecule has 166 valence electrons. The number of nitrogens with zero attached hydrogens (tertiary/aromatic N) is 2. The maximum Gasteiger partial charge on any atom is 0.304 e. The van der Waals surface area contributed by atoms with Crippen LogP contribution in [0.5, 0.6) is 0 Å². The number of hydrogen-bond donors (Lipinski definition) is 0. The molecule has 0 spiro atoms. The second-order valence-corrected chi connectivity index (χ2v) is 6.74. The smallest absolute Gasteiger partial charge is 0.304 e. The van der Waals surface area contributed by atoms with Crippen molar-refractivity contribution < 1.29 is 47.4 Å². The molecule has 1 aliphatic rings. The maximum absolute atomic E-state index is 11.8. The molecule has 1 aromatic heterocycles. The molecule has 11 nitrogen and oxygen atoms in total. The zero-order valence-corrected chi connectivity index (χ0v) is 17.5. The Bertz CT molecular complexity index is 895. The number of ether oxygens (including phenoxy) is 5. The SMILES string of the molecule is CC(=O)OCC1OC([n+]2cccc(C#N)c2)C(OC(C)=O)C(OC(C)=O)C1OC(C)=O. The van der Waals surface area contributed by atoms with Gasteiger partial charge in [-0.25, -0.2) is 0 Å². The van der Waals surface area contributed by atoms with Crippen LogP contribution in [0.1, 0.15) is 39.5 Å². The van der Waals surface area contributed by atoms with E-state index >= 15 is 0 Å². The molecule has 0 N–H and O–H groups in total. The minimum Gasteiger partial charge on any atom is -0.463 e. The molecule has 2 rings (SSSR count). The number of rotatable bonds is 6. The van der Waals surface area contributed by atoms with Crippen LogP contribution in [0.25, 0.3) is 0 Å². The fraction of sp³-hybridized carbons (Fsp3) is 0.500. The van der Waals surface area contributed by atoms with Gasteiger partial charge < -0.3 is 23.7 Å². The molecule has 0 aromatic carbocycles. The van der Waals surface area contributed by atoms with E-state index in [9.17, 15) is 24.4 Å². The van der Waals surface area contributed by atoms with Crippen LogP contribution in [-0.4, -0.2) is 54.9 Å². The van der Waals surface area contributed by atoms with Gasteiger partial charge in [-0.1, -0.05) is 0 Å². The molecule has 2 heterocycles. The average molecular weight is 435 g/mol. The molecule has 31 heavy (non-hydrogen) atoms. The molecule has 0 aliphatic carbocycles. The van der Waals surface area contributed by atoms with Crippen LogP contribution in [0, 0.1) is 11.3 Å². The first-order valence-corrected chi connectivity index (χ1v) is 9.33. The first-order valence-electron chi connectivity index (χ1n) is 9.33. The number of nitriles is 1. The minimum absolute atomic E-state index is 0.287. The van der Waals surface area contributed by atoms with Crippen molar-refractivity contribution in [3.8, 4) is 6.07 Å². The highest BCUT2D eigenvalue weighted by Crippen LogP contribution is 2.32. The van der Waals surface area contributed by atoms with E-state index in [0.717, 1.165) is 20.8 Å².